The molecule has 2 rings (SSSR count). The van der Waals surface area contributed by atoms with Crippen LogP contribution in [0.15, 0.2) is 72.9 Å². The van der Waals surface area contributed by atoms with E-state index in [1.807, 2.05) is 6.92 Å². The number of fused-ring (bicyclic) bond motifs is 4. The monoisotopic (exact) mass is 1080 g/mol. The normalized spacial score (nSPS) is 30.7. The molecule has 0 saturated carbocycles. The van der Waals surface area contributed by atoms with Crippen LogP contribution in [0, 0.1) is 5.92 Å². The number of aliphatic hydroxyl groups excluding tert-OH is 7. The molecule has 10 N–H and O–H groups in total. The van der Waals surface area contributed by atoms with Gasteiger partial charge in [-0.1, -0.05) is 125 Å². The lowest BCUT2D eigenvalue weighted by Crippen LogP contribution is -2.58. The maximum atomic E-state index is 13.8. The summed E-state index contributed by atoms with van der Waals surface area (Å²) in [5.41, 5.74) is 0. The van der Waals surface area contributed by atoms with Crippen molar-refractivity contribution in [2.45, 2.75) is 216 Å². The molecule has 1 saturated heterocycles. The van der Waals surface area contributed by atoms with Gasteiger partial charge >= 0.3 is 27.6 Å². The second-order valence-electron chi connectivity index (χ2n) is 18.4. The molecule has 0 amide bonds. The Hall–Kier alpha value is -2.72. The number of ether oxygens (including phenoxy) is 3. The van der Waals surface area contributed by atoms with Crippen molar-refractivity contribution < 1.29 is 96.9 Å². The molecule has 420 valence electrons. The van der Waals surface area contributed by atoms with Crippen LogP contribution in [0.3, 0.4) is 0 Å². The van der Waals surface area contributed by atoms with Gasteiger partial charge in [-0.2, -0.15) is 0 Å². The molecule has 0 aromatic heterocycles. The van der Waals surface area contributed by atoms with Gasteiger partial charge < -0.3 is 64.6 Å². The maximum Gasteiger partial charge on any atom is 0.472 e. The second-order valence-corrected chi connectivity index (χ2v) is 21.0. The van der Waals surface area contributed by atoms with E-state index in [1.54, 1.807) is 6.08 Å². The SMILES string of the molecule is CCCCC/C=C\C/C=C\C/C=C\C/C=C\CCCCCC(=O)O[C@@H]1COC(=O)CCCC=CC[C@@H]2[C@@H](O)[C@H](O)[C@@H](O)[C@H](OP(=O)(O)OC1)[C@H](OP(=O)(O)O)[C@H](O)[C@@H](/C=C/[C@@H](O)CCCCC)OC(O)C[C@@H]2O. The van der Waals surface area contributed by atoms with E-state index in [0.29, 0.717) is 19.3 Å². The Morgan fingerprint density at radius 2 is 1.42 bits per heavy atom. The Labute approximate surface area is 431 Å². The van der Waals surface area contributed by atoms with Crippen LogP contribution in [0.1, 0.15) is 149 Å². The molecular weight excluding hydrogens is 994 g/mol. The van der Waals surface area contributed by atoms with E-state index in [-0.39, 0.29) is 38.5 Å². The van der Waals surface area contributed by atoms with Crippen LogP contribution >= 0.6 is 15.6 Å². The molecule has 13 atom stereocenters. The van der Waals surface area contributed by atoms with E-state index in [0.717, 1.165) is 63.5 Å². The Bertz CT molecular complexity index is 1800. The molecule has 0 aromatic carbocycles. The maximum absolute atomic E-state index is 13.8. The summed E-state index contributed by atoms with van der Waals surface area (Å²) in [6.07, 6.45) is 10.5. The minimum atomic E-state index is -5.81. The van der Waals surface area contributed by atoms with Gasteiger partial charge in [0.25, 0.3) is 0 Å². The molecule has 0 aromatic rings. The summed E-state index contributed by atoms with van der Waals surface area (Å²) >= 11 is 0. The molecule has 20 nitrogen and oxygen atoms in total. The van der Waals surface area contributed by atoms with Gasteiger partial charge in [-0.25, -0.2) is 9.13 Å². The van der Waals surface area contributed by atoms with Gasteiger partial charge in [-0.15, -0.1) is 0 Å². The fraction of sp³-hybridized carbons (Fsp3) is 0.725. The zero-order chi connectivity index (χ0) is 54.1. The van der Waals surface area contributed by atoms with Crippen LogP contribution < -0.4 is 0 Å². The third-order valence-corrected chi connectivity index (χ3v) is 13.6. The van der Waals surface area contributed by atoms with Crippen molar-refractivity contribution in [3.8, 4) is 0 Å². The first-order valence-electron chi connectivity index (χ1n) is 25.9. The average molecular weight is 1080 g/mol. The number of unbranched alkanes of at least 4 members (excludes halogenated alkanes) is 8. The Morgan fingerprint density at radius 1 is 0.808 bits per heavy atom. The predicted octanol–water partition coefficient (Wildman–Crippen LogP) is 6.50. The molecule has 0 radical (unpaired) electrons. The molecule has 2 heterocycles. The fourth-order valence-corrected chi connectivity index (χ4v) is 9.46. The summed E-state index contributed by atoms with van der Waals surface area (Å²) in [5, 5.41) is 79.1. The van der Waals surface area contributed by atoms with Crippen molar-refractivity contribution >= 4 is 27.6 Å². The van der Waals surface area contributed by atoms with Crippen molar-refractivity contribution in [3.63, 3.8) is 0 Å². The van der Waals surface area contributed by atoms with Crippen LogP contribution in [0.4, 0.5) is 0 Å². The van der Waals surface area contributed by atoms with Crippen LogP contribution in [0.25, 0.3) is 0 Å². The minimum Gasteiger partial charge on any atom is -0.462 e. The number of aliphatic hydroxyl groups is 7. The lowest BCUT2D eigenvalue weighted by Gasteiger charge is -2.41. The molecule has 1 fully saturated rings. The summed E-state index contributed by atoms with van der Waals surface area (Å²) in [6.45, 7) is 2.48. The third-order valence-electron chi connectivity index (χ3n) is 12.1. The van der Waals surface area contributed by atoms with Crippen LogP contribution in [-0.2, 0) is 46.5 Å². The van der Waals surface area contributed by atoms with Gasteiger partial charge in [0.2, 0.25) is 0 Å². The van der Waals surface area contributed by atoms with E-state index >= 15 is 0 Å². The predicted molar refractivity (Wildman–Crippen MR) is 272 cm³/mol. The smallest absolute Gasteiger partial charge is 0.462 e. The highest BCUT2D eigenvalue weighted by Gasteiger charge is 2.50. The van der Waals surface area contributed by atoms with Gasteiger partial charge in [-0.3, -0.25) is 23.2 Å². The highest BCUT2D eigenvalue weighted by molar-refractivity contribution is 7.47. The summed E-state index contributed by atoms with van der Waals surface area (Å²) in [7, 11) is -11.5. The number of rotatable bonds is 25. The number of carbonyl (C=O) groups excluding carboxylic acids is 2. The molecule has 2 unspecified atom stereocenters. The van der Waals surface area contributed by atoms with Gasteiger partial charge in [0.15, 0.2) is 12.4 Å². The molecular formula is C51H86O20P2. The Morgan fingerprint density at radius 3 is 2.05 bits per heavy atom. The number of esters is 2. The highest BCUT2D eigenvalue weighted by atomic mass is 31.2. The number of allylic oxidation sites excluding steroid dienone is 10. The largest absolute Gasteiger partial charge is 0.472 e. The van der Waals surface area contributed by atoms with Gasteiger partial charge in [0, 0.05) is 25.2 Å². The zero-order valence-corrected chi connectivity index (χ0v) is 44.4. The van der Waals surface area contributed by atoms with E-state index in [2.05, 4.69) is 55.5 Å². The second kappa shape index (κ2) is 37.9. The topological polar surface area (TPSA) is 326 Å². The van der Waals surface area contributed by atoms with Gasteiger partial charge in [0.1, 0.15) is 43.2 Å². The number of hydrogen-bond donors (Lipinski definition) is 10. The fourth-order valence-electron chi connectivity index (χ4n) is 7.93. The number of phosphoric acid groups is 2. The van der Waals surface area contributed by atoms with Crippen molar-refractivity contribution in [3.05, 3.63) is 72.9 Å². The molecule has 22 heteroatoms. The summed E-state index contributed by atoms with van der Waals surface area (Å²) in [4.78, 5) is 56.9. The third kappa shape index (κ3) is 30.0. The Kier molecular flexibility index (Phi) is 34.5. The number of cyclic esters (lactones) is 1. The molecule has 2 aliphatic heterocycles. The quantitative estimate of drug-likeness (QED) is 0.0202. The summed E-state index contributed by atoms with van der Waals surface area (Å²) in [5.74, 6) is -2.93. The average Bonchev–Trinajstić information content (AvgIpc) is 3.33. The molecule has 73 heavy (non-hydrogen) atoms. The molecule has 2 bridgehead atoms. The molecule has 0 spiro atoms. The van der Waals surface area contributed by atoms with E-state index < -0.39 is 120 Å². The van der Waals surface area contributed by atoms with Gasteiger partial charge in [0.05, 0.1) is 24.9 Å². The Balaban J connectivity index is 2.29. The van der Waals surface area contributed by atoms with E-state index in [1.165, 1.54) is 25.3 Å². The van der Waals surface area contributed by atoms with Crippen molar-refractivity contribution in [1.29, 1.82) is 0 Å². The van der Waals surface area contributed by atoms with Gasteiger partial charge in [-0.05, 0) is 77.0 Å². The van der Waals surface area contributed by atoms with E-state index in [9.17, 15) is 69.1 Å². The highest BCUT2D eigenvalue weighted by Crippen LogP contribution is 2.49. The number of hydrogen-bond acceptors (Lipinski definition) is 17. The summed E-state index contributed by atoms with van der Waals surface area (Å²) in [6, 6.07) is 0. The van der Waals surface area contributed by atoms with Crippen molar-refractivity contribution in [1.82, 2.24) is 0 Å². The first-order valence-corrected chi connectivity index (χ1v) is 28.9. The standard InChI is InChI=1S/C51H86O20P2/c1-3-5-7-8-9-10-11-12-13-14-15-16-17-18-19-20-21-22-28-32-44(55)68-39-36-66-43(54)31-27-24-23-26-30-40-41(53)35-45(56)69-42(34-33-38(52)29-25-6-4-2)47(58)50(70-72(61,62)63)51(49(60)48(59)46(40)57)71-73(64,65)67-37-39/h9-10,12-13,15-16,18-19,23,26,33-34,38-42,45-53,56-60H,3-8,11,14,17,20-22,24-25,27-32,35-37H2,1-2H3,(H,64,65)(H2,61,62,63)/b10-9-,13-12-,16-15-,19-18-,26-23?,34-33+/t38-,39+,40-,41-,42+,45?,46+,47+,48-,49+,50+,51-/m0/s1. The lowest BCUT2D eigenvalue weighted by atomic mass is 9.83. The first-order chi connectivity index (χ1) is 34.8. The van der Waals surface area contributed by atoms with Crippen molar-refractivity contribution in [2.24, 2.45) is 5.92 Å². The first kappa shape index (κ1) is 66.4. The molecule has 0 aliphatic carbocycles. The number of phosphoric ester groups is 2. The van der Waals surface area contributed by atoms with Crippen LogP contribution in [0.5, 0.6) is 0 Å². The van der Waals surface area contributed by atoms with Crippen LogP contribution in [0.2, 0.25) is 0 Å². The summed E-state index contributed by atoms with van der Waals surface area (Å²) < 4.78 is 57.9. The molecule has 2 aliphatic rings. The number of carbonyl (C=O) groups is 2. The minimum absolute atomic E-state index is 0.0791. The zero-order valence-electron chi connectivity index (χ0n) is 42.6. The van der Waals surface area contributed by atoms with Crippen molar-refractivity contribution in [2.75, 3.05) is 13.2 Å². The lowest BCUT2D eigenvalue weighted by molar-refractivity contribution is -0.210. The van der Waals surface area contributed by atoms with Crippen LogP contribution in [-0.4, -0.2) is 143 Å². The van der Waals surface area contributed by atoms with E-state index in [4.69, 9.17) is 27.8 Å².